The number of aldehydes is 1. The first-order valence-electron chi connectivity index (χ1n) is 7.27. The number of benzene rings is 1. The van der Waals surface area contributed by atoms with Gasteiger partial charge in [0.2, 0.25) is 0 Å². The molecule has 0 N–H and O–H groups in total. The van der Waals surface area contributed by atoms with Crippen molar-refractivity contribution in [1.29, 1.82) is 0 Å². The fraction of sp³-hybridized carbons (Fsp3) is 0.500. The van der Waals surface area contributed by atoms with Crippen molar-refractivity contribution in [3.63, 3.8) is 0 Å². The molecule has 0 unspecified atom stereocenters. The van der Waals surface area contributed by atoms with Gasteiger partial charge in [0.1, 0.15) is 11.9 Å². The number of carbonyl (C=O) groups excluding carboxylic acids is 2. The summed E-state index contributed by atoms with van der Waals surface area (Å²) < 4.78 is 5.37. The average Bonchev–Trinajstić information content (AvgIpc) is 2.45. The third-order valence-electron chi connectivity index (χ3n) is 3.34. The maximum absolute atomic E-state index is 12.0. The van der Waals surface area contributed by atoms with E-state index in [1.165, 1.54) is 0 Å². The smallest absolute Gasteiger partial charge is 0.410 e. The molecular formula is C16H21ClN2O3. The summed E-state index contributed by atoms with van der Waals surface area (Å²) >= 11 is 6.03. The Labute approximate surface area is 135 Å². The summed E-state index contributed by atoms with van der Waals surface area (Å²) in [5.41, 5.74) is 0.968. The van der Waals surface area contributed by atoms with Crippen LogP contribution in [0.3, 0.4) is 0 Å². The van der Waals surface area contributed by atoms with E-state index in [2.05, 4.69) is 4.90 Å². The molecule has 22 heavy (non-hydrogen) atoms. The summed E-state index contributed by atoms with van der Waals surface area (Å²) in [5.74, 6) is 0. The molecule has 2 rings (SSSR count). The van der Waals surface area contributed by atoms with Crippen molar-refractivity contribution < 1.29 is 14.3 Å². The standard InChI is InChI=1S/C16H21ClN2O3/c1-16(2,3)22-15(21)19-6-4-18(5-7-19)14-9-12(11-20)8-13(17)10-14/h8-11H,4-7H2,1-3H3. The van der Waals surface area contributed by atoms with Gasteiger partial charge in [0.25, 0.3) is 0 Å². The Hall–Kier alpha value is -1.75. The van der Waals surface area contributed by atoms with E-state index in [9.17, 15) is 9.59 Å². The summed E-state index contributed by atoms with van der Waals surface area (Å²) in [6.07, 6.45) is 0.499. The van der Waals surface area contributed by atoms with Crippen LogP contribution >= 0.6 is 11.6 Å². The molecule has 5 nitrogen and oxygen atoms in total. The number of anilines is 1. The second-order valence-electron chi connectivity index (χ2n) is 6.32. The number of hydrogen-bond donors (Lipinski definition) is 0. The van der Waals surface area contributed by atoms with Crippen LogP contribution in [-0.2, 0) is 4.74 Å². The zero-order chi connectivity index (χ0) is 16.3. The van der Waals surface area contributed by atoms with E-state index in [0.29, 0.717) is 36.8 Å². The zero-order valence-electron chi connectivity index (χ0n) is 13.1. The van der Waals surface area contributed by atoms with Crippen LogP contribution in [0.1, 0.15) is 31.1 Å². The minimum atomic E-state index is -0.486. The van der Waals surface area contributed by atoms with Crippen molar-refractivity contribution in [3.8, 4) is 0 Å². The van der Waals surface area contributed by atoms with Crippen LogP contribution in [0, 0.1) is 0 Å². The Balaban J connectivity index is 1.99. The van der Waals surface area contributed by atoms with Gasteiger partial charge in [0, 0.05) is 42.5 Å². The van der Waals surface area contributed by atoms with E-state index in [4.69, 9.17) is 16.3 Å². The molecule has 0 bridgehead atoms. The van der Waals surface area contributed by atoms with E-state index in [-0.39, 0.29) is 6.09 Å². The van der Waals surface area contributed by atoms with Crippen LogP contribution in [0.2, 0.25) is 5.02 Å². The van der Waals surface area contributed by atoms with E-state index < -0.39 is 5.60 Å². The lowest BCUT2D eigenvalue weighted by Gasteiger charge is -2.36. The number of piperazine rings is 1. The van der Waals surface area contributed by atoms with Crippen molar-refractivity contribution in [1.82, 2.24) is 4.90 Å². The molecule has 1 aromatic carbocycles. The van der Waals surface area contributed by atoms with Crippen LogP contribution in [0.5, 0.6) is 0 Å². The molecule has 0 saturated carbocycles. The van der Waals surface area contributed by atoms with Gasteiger partial charge in [-0.1, -0.05) is 11.6 Å². The van der Waals surface area contributed by atoms with Gasteiger partial charge >= 0.3 is 6.09 Å². The summed E-state index contributed by atoms with van der Waals surface area (Å²) in [4.78, 5) is 26.8. The first-order valence-corrected chi connectivity index (χ1v) is 7.65. The van der Waals surface area contributed by atoms with E-state index >= 15 is 0 Å². The number of halogens is 1. The van der Waals surface area contributed by atoms with Crippen LogP contribution < -0.4 is 4.90 Å². The minimum absolute atomic E-state index is 0.285. The van der Waals surface area contributed by atoms with Crippen molar-refractivity contribution in [2.75, 3.05) is 31.1 Å². The summed E-state index contributed by atoms with van der Waals surface area (Å²) in [7, 11) is 0. The lowest BCUT2D eigenvalue weighted by Crippen LogP contribution is -2.50. The lowest BCUT2D eigenvalue weighted by atomic mass is 10.2. The highest BCUT2D eigenvalue weighted by Crippen LogP contribution is 2.23. The molecule has 1 aliphatic rings. The van der Waals surface area contributed by atoms with Crippen molar-refractivity contribution in [2.45, 2.75) is 26.4 Å². The highest BCUT2D eigenvalue weighted by molar-refractivity contribution is 6.31. The topological polar surface area (TPSA) is 49.9 Å². The lowest BCUT2D eigenvalue weighted by molar-refractivity contribution is 0.0240. The van der Waals surface area contributed by atoms with Gasteiger partial charge < -0.3 is 14.5 Å². The number of hydrogen-bond acceptors (Lipinski definition) is 4. The molecule has 1 heterocycles. The molecule has 1 aromatic rings. The van der Waals surface area contributed by atoms with Crippen LogP contribution in [-0.4, -0.2) is 49.1 Å². The predicted octanol–water partition coefficient (Wildman–Crippen LogP) is 3.21. The Morgan fingerprint density at radius 3 is 2.36 bits per heavy atom. The summed E-state index contributed by atoms with van der Waals surface area (Å²) in [5, 5.41) is 0.536. The van der Waals surface area contributed by atoms with Gasteiger partial charge in [-0.15, -0.1) is 0 Å². The first-order chi connectivity index (χ1) is 10.3. The molecule has 0 aromatic heterocycles. The van der Waals surface area contributed by atoms with Crippen LogP contribution in [0.15, 0.2) is 18.2 Å². The second-order valence-corrected chi connectivity index (χ2v) is 6.75. The fourth-order valence-corrected chi connectivity index (χ4v) is 2.56. The maximum atomic E-state index is 12.0. The van der Waals surface area contributed by atoms with Gasteiger partial charge in [-0.3, -0.25) is 4.79 Å². The van der Waals surface area contributed by atoms with E-state index in [1.807, 2.05) is 32.9 Å². The molecule has 1 fully saturated rings. The quantitative estimate of drug-likeness (QED) is 0.784. The van der Waals surface area contributed by atoms with Crippen molar-refractivity contribution in [2.24, 2.45) is 0 Å². The van der Waals surface area contributed by atoms with Gasteiger partial charge in [-0.05, 0) is 39.0 Å². The van der Waals surface area contributed by atoms with E-state index in [0.717, 1.165) is 12.0 Å². The Morgan fingerprint density at radius 1 is 1.18 bits per heavy atom. The highest BCUT2D eigenvalue weighted by atomic mass is 35.5. The minimum Gasteiger partial charge on any atom is -0.444 e. The maximum Gasteiger partial charge on any atom is 0.410 e. The molecule has 120 valence electrons. The molecule has 1 amide bonds. The number of carbonyl (C=O) groups is 2. The Morgan fingerprint density at radius 2 is 1.82 bits per heavy atom. The van der Waals surface area contributed by atoms with Gasteiger partial charge in [-0.25, -0.2) is 4.79 Å². The SMILES string of the molecule is CC(C)(C)OC(=O)N1CCN(c2cc(Cl)cc(C=O)c2)CC1. The fourth-order valence-electron chi connectivity index (χ4n) is 2.32. The average molecular weight is 325 g/mol. The molecule has 0 atom stereocenters. The molecule has 0 aliphatic carbocycles. The summed E-state index contributed by atoms with van der Waals surface area (Å²) in [6.45, 7) is 8.09. The zero-order valence-corrected chi connectivity index (χ0v) is 13.9. The Kier molecular flexibility index (Phi) is 4.96. The third-order valence-corrected chi connectivity index (χ3v) is 3.56. The molecule has 6 heteroatoms. The molecular weight excluding hydrogens is 304 g/mol. The predicted molar refractivity (Wildman–Crippen MR) is 86.9 cm³/mol. The normalized spacial score (nSPS) is 15.6. The number of nitrogens with zero attached hydrogens (tertiary/aromatic N) is 2. The van der Waals surface area contributed by atoms with Crippen LogP contribution in [0.25, 0.3) is 0 Å². The van der Waals surface area contributed by atoms with E-state index in [1.54, 1.807) is 11.0 Å². The summed E-state index contributed by atoms with van der Waals surface area (Å²) in [6, 6.07) is 5.27. The molecule has 0 spiro atoms. The number of ether oxygens (including phenoxy) is 1. The Bertz CT molecular complexity index is 561. The first kappa shape index (κ1) is 16.6. The largest absolute Gasteiger partial charge is 0.444 e. The van der Waals surface area contributed by atoms with Crippen molar-refractivity contribution >= 4 is 29.7 Å². The second kappa shape index (κ2) is 6.57. The highest BCUT2D eigenvalue weighted by Gasteiger charge is 2.26. The number of amides is 1. The van der Waals surface area contributed by atoms with Gasteiger partial charge in [0.05, 0.1) is 0 Å². The van der Waals surface area contributed by atoms with Gasteiger partial charge in [0.15, 0.2) is 0 Å². The molecule has 0 radical (unpaired) electrons. The van der Waals surface area contributed by atoms with Crippen molar-refractivity contribution in [3.05, 3.63) is 28.8 Å². The van der Waals surface area contributed by atoms with Crippen LogP contribution in [0.4, 0.5) is 10.5 Å². The molecule has 1 aliphatic heterocycles. The molecule has 1 saturated heterocycles. The monoisotopic (exact) mass is 324 g/mol. The number of rotatable bonds is 2. The van der Waals surface area contributed by atoms with Gasteiger partial charge in [-0.2, -0.15) is 0 Å². The third kappa shape index (κ3) is 4.37.